The summed E-state index contributed by atoms with van der Waals surface area (Å²) in [6.07, 6.45) is 11.6. The van der Waals surface area contributed by atoms with Gasteiger partial charge in [0, 0.05) is 31.8 Å². The molecule has 0 aromatic carbocycles. The van der Waals surface area contributed by atoms with Crippen LogP contribution in [0.2, 0.25) is 0 Å². The fraction of sp³-hybridized carbons (Fsp3) is 0.867. The van der Waals surface area contributed by atoms with Crippen molar-refractivity contribution in [3.63, 3.8) is 0 Å². The second kappa shape index (κ2) is 15.2. The van der Waals surface area contributed by atoms with Crippen molar-refractivity contribution in [2.24, 2.45) is 5.92 Å². The molecule has 0 aromatic heterocycles. The molecule has 0 radical (unpaired) electrons. The van der Waals surface area contributed by atoms with Crippen molar-refractivity contribution in [2.45, 2.75) is 78.6 Å². The van der Waals surface area contributed by atoms with Gasteiger partial charge in [0.1, 0.15) is 0 Å². The Hall–Kier alpha value is 0.183. The summed E-state index contributed by atoms with van der Waals surface area (Å²) >= 11 is 0. The molecule has 0 N–H and O–H groups in total. The number of rotatable bonds is 8. The molecule has 0 nitrogen and oxygen atoms in total. The molecule has 0 aliphatic heterocycles. The molecule has 1 atom stereocenters. The van der Waals surface area contributed by atoms with Crippen LogP contribution >= 0.6 is 0 Å². The van der Waals surface area contributed by atoms with E-state index in [0.717, 1.165) is 6.42 Å². The molecule has 0 rings (SSSR count). The van der Waals surface area contributed by atoms with Crippen molar-refractivity contribution in [3.8, 4) is 11.8 Å². The van der Waals surface area contributed by atoms with E-state index in [1.54, 1.807) is 0 Å². The summed E-state index contributed by atoms with van der Waals surface area (Å²) in [4.78, 5) is 0. The van der Waals surface area contributed by atoms with Crippen LogP contribution in [0.25, 0.3) is 0 Å². The van der Waals surface area contributed by atoms with Gasteiger partial charge in [0.2, 0.25) is 0 Å². The summed E-state index contributed by atoms with van der Waals surface area (Å²) in [5.74, 6) is 7.49. The topological polar surface area (TPSA) is 0 Å². The third-order valence-electron chi connectivity index (χ3n) is 2.75. The zero-order chi connectivity index (χ0) is 11.4. The van der Waals surface area contributed by atoms with Gasteiger partial charge < -0.3 is 0 Å². The maximum Gasteiger partial charge on any atom is 0.0202 e. The molecule has 1 unspecified atom stereocenters. The Kier molecular flexibility index (Phi) is 17.6. The minimum atomic E-state index is 0. The molecule has 0 aromatic rings. The predicted molar refractivity (Wildman–Crippen MR) is 69.8 cm³/mol. The largest absolute Gasteiger partial charge is 0.103 e. The van der Waals surface area contributed by atoms with Gasteiger partial charge in [-0.05, 0) is 19.3 Å². The summed E-state index contributed by atoms with van der Waals surface area (Å²) in [5, 5.41) is 0. The van der Waals surface area contributed by atoms with Gasteiger partial charge in [0.05, 0.1) is 0 Å². The quantitative estimate of drug-likeness (QED) is 0.325. The van der Waals surface area contributed by atoms with Crippen molar-refractivity contribution in [1.82, 2.24) is 0 Å². The molecule has 0 aliphatic carbocycles. The van der Waals surface area contributed by atoms with Crippen molar-refractivity contribution in [3.05, 3.63) is 0 Å². The molecule has 0 amide bonds. The number of hydrogen-bond donors (Lipinski definition) is 0. The van der Waals surface area contributed by atoms with E-state index < -0.39 is 0 Å². The molecule has 0 fully saturated rings. The SMILES string of the molecule is CCCCC#CC(CCC)CCCCC.[Zn]. The summed E-state index contributed by atoms with van der Waals surface area (Å²) in [7, 11) is 0. The molecule has 1 heteroatoms. The standard InChI is InChI=1S/C15H28.Zn/c1-4-7-9-11-14-15(12-6-3)13-10-8-5-2;/h15H,4-10,12-13H2,1-3H3;. The van der Waals surface area contributed by atoms with Crippen LogP contribution in [0.5, 0.6) is 0 Å². The summed E-state index contributed by atoms with van der Waals surface area (Å²) < 4.78 is 0. The molecule has 0 spiro atoms. The maximum absolute atomic E-state index is 3.46. The second-order valence-corrected chi connectivity index (χ2v) is 4.41. The Bertz CT molecular complexity index is 176. The van der Waals surface area contributed by atoms with E-state index in [-0.39, 0.29) is 19.5 Å². The van der Waals surface area contributed by atoms with Crippen LogP contribution in [0.4, 0.5) is 0 Å². The van der Waals surface area contributed by atoms with Gasteiger partial charge in [-0.3, -0.25) is 0 Å². The van der Waals surface area contributed by atoms with Crippen molar-refractivity contribution in [2.75, 3.05) is 0 Å². The van der Waals surface area contributed by atoms with E-state index in [1.165, 1.54) is 51.4 Å². The molecular formula is C15H28Zn. The predicted octanol–water partition coefficient (Wildman–Crippen LogP) is 5.17. The summed E-state index contributed by atoms with van der Waals surface area (Å²) in [6, 6.07) is 0. The average Bonchev–Trinajstić information content (AvgIpc) is 2.24. The molecule has 90 valence electrons. The Balaban J connectivity index is 0. The third kappa shape index (κ3) is 12.3. The van der Waals surface area contributed by atoms with Crippen LogP contribution in [0.3, 0.4) is 0 Å². The first-order chi connectivity index (χ1) is 7.35. The molecule has 0 heterocycles. The second-order valence-electron chi connectivity index (χ2n) is 4.41. The van der Waals surface area contributed by atoms with Gasteiger partial charge in [-0.15, -0.1) is 5.92 Å². The van der Waals surface area contributed by atoms with Crippen LogP contribution in [-0.2, 0) is 19.5 Å². The molecule has 0 saturated heterocycles. The monoisotopic (exact) mass is 272 g/mol. The molecule has 0 saturated carbocycles. The van der Waals surface area contributed by atoms with E-state index in [0.29, 0.717) is 5.92 Å². The maximum atomic E-state index is 3.46. The molecule has 0 aliphatic rings. The summed E-state index contributed by atoms with van der Waals surface area (Å²) in [5.41, 5.74) is 0. The number of unbranched alkanes of at least 4 members (excludes halogenated alkanes) is 4. The van der Waals surface area contributed by atoms with Gasteiger partial charge in [0.25, 0.3) is 0 Å². The van der Waals surface area contributed by atoms with Gasteiger partial charge in [-0.1, -0.05) is 58.8 Å². The minimum absolute atomic E-state index is 0. The van der Waals surface area contributed by atoms with E-state index in [2.05, 4.69) is 32.6 Å². The fourth-order valence-corrected chi connectivity index (χ4v) is 1.76. The van der Waals surface area contributed by atoms with Crippen molar-refractivity contribution >= 4 is 0 Å². The Morgan fingerprint density at radius 2 is 1.50 bits per heavy atom. The number of hydrogen-bond acceptors (Lipinski definition) is 0. The zero-order valence-corrected chi connectivity index (χ0v) is 14.6. The molecule has 0 bridgehead atoms. The Morgan fingerprint density at radius 3 is 2.06 bits per heavy atom. The van der Waals surface area contributed by atoms with Crippen LogP contribution in [0.15, 0.2) is 0 Å². The normalized spacial score (nSPS) is 11.2. The van der Waals surface area contributed by atoms with E-state index in [9.17, 15) is 0 Å². The van der Waals surface area contributed by atoms with E-state index in [4.69, 9.17) is 0 Å². The smallest absolute Gasteiger partial charge is 0.0202 e. The first-order valence-corrected chi connectivity index (χ1v) is 6.83. The third-order valence-corrected chi connectivity index (χ3v) is 2.75. The van der Waals surface area contributed by atoms with Gasteiger partial charge in [0.15, 0.2) is 0 Å². The fourth-order valence-electron chi connectivity index (χ4n) is 1.76. The molecule has 16 heavy (non-hydrogen) atoms. The Labute approximate surface area is 116 Å². The molecular weight excluding hydrogens is 246 g/mol. The first kappa shape index (κ1) is 18.5. The van der Waals surface area contributed by atoms with Crippen LogP contribution in [0, 0.1) is 17.8 Å². The average molecular weight is 274 g/mol. The van der Waals surface area contributed by atoms with Crippen molar-refractivity contribution < 1.29 is 19.5 Å². The van der Waals surface area contributed by atoms with Gasteiger partial charge >= 0.3 is 0 Å². The van der Waals surface area contributed by atoms with Gasteiger partial charge in [-0.2, -0.15) is 0 Å². The van der Waals surface area contributed by atoms with Crippen molar-refractivity contribution in [1.29, 1.82) is 0 Å². The van der Waals surface area contributed by atoms with Crippen LogP contribution in [0.1, 0.15) is 78.6 Å². The van der Waals surface area contributed by atoms with E-state index in [1.807, 2.05) is 0 Å². The van der Waals surface area contributed by atoms with Crippen LogP contribution in [-0.4, -0.2) is 0 Å². The van der Waals surface area contributed by atoms with Gasteiger partial charge in [-0.25, -0.2) is 0 Å². The van der Waals surface area contributed by atoms with E-state index >= 15 is 0 Å². The first-order valence-electron chi connectivity index (χ1n) is 6.83. The van der Waals surface area contributed by atoms with Crippen LogP contribution < -0.4 is 0 Å². The Morgan fingerprint density at radius 1 is 0.812 bits per heavy atom. The zero-order valence-electron chi connectivity index (χ0n) is 11.6. The summed E-state index contributed by atoms with van der Waals surface area (Å²) in [6.45, 7) is 6.76. The minimum Gasteiger partial charge on any atom is -0.103 e.